The second-order valence-corrected chi connectivity index (χ2v) is 6.48. The first kappa shape index (κ1) is 20.3. The zero-order valence-electron chi connectivity index (χ0n) is 16.7. The van der Waals surface area contributed by atoms with E-state index in [0.717, 1.165) is 5.56 Å². The van der Waals surface area contributed by atoms with Crippen molar-refractivity contribution in [3.05, 3.63) is 65.1 Å². The fourth-order valence-corrected chi connectivity index (χ4v) is 2.84. The highest BCUT2D eigenvalue weighted by Crippen LogP contribution is 2.18. The van der Waals surface area contributed by atoms with Crippen molar-refractivity contribution in [1.82, 2.24) is 19.2 Å². The SMILES string of the molecule is COCCN(C)C(=O)Cn1c(-c2ccccc2)nn(-c2ccc(OC)cc2)c1=O. The number of methoxy groups -OCH3 is 2. The topological polar surface area (TPSA) is 78.6 Å². The number of carbonyl (C=O) groups is 1. The van der Waals surface area contributed by atoms with Gasteiger partial charge in [-0.05, 0) is 24.3 Å². The lowest BCUT2D eigenvalue weighted by Gasteiger charge is -2.17. The van der Waals surface area contributed by atoms with Crippen LogP contribution in [0, 0.1) is 0 Å². The summed E-state index contributed by atoms with van der Waals surface area (Å²) in [5.41, 5.74) is 0.957. The van der Waals surface area contributed by atoms with Gasteiger partial charge in [-0.1, -0.05) is 30.3 Å². The molecule has 0 aliphatic heterocycles. The zero-order chi connectivity index (χ0) is 20.8. The predicted molar refractivity (Wildman–Crippen MR) is 109 cm³/mol. The van der Waals surface area contributed by atoms with Gasteiger partial charge < -0.3 is 14.4 Å². The van der Waals surface area contributed by atoms with Gasteiger partial charge in [0.25, 0.3) is 0 Å². The first-order chi connectivity index (χ1) is 14.0. The molecule has 29 heavy (non-hydrogen) atoms. The predicted octanol–water partition coefficient (Wildman–Crippen LogP) is 1.81. The first-order valence-electron chi connectivity index (χ1n) is 9.17. The molecule has 0 bridgehead atoms. The van der Waals surface area contributed by atoms with Crippen molar-refractivity contribution in [3.63, 3.8) is 0 Å². The minimum Gasteiger partial charge on any atom is -0.497 e. The molecule has 0 atom stereocenters. The Labute approximate surface area is 168 Å². The average molecular weight is 396 g/mol. The van der Waals surface area contributed by atoms with E-state index in [1.807, 2.05) is 30.3 Å². The van der Waals surface area contributed by atoms with Gasteiger partial charge in [-0.25, -0.2) is 4.79 Å². The Kier molecular flexibility index (Phi) is 6.46. The minimum atomic E-state index is -0.387. The Hall–Kier alpha value is -3.39. The number of ether oxygens (including phenoxy) is 2. The Bertz CT molecular complexity index is 1010. The van der Waals surface area contributed by atoms with E-state index in [2.05, 4.69) is 5.10 Å². The van der Waals surface area contributed by atoms with Crippen LogP contribution in [-0.4, -0.2) is 59.6 Å². The Morgan fingerprint density at radius 1 is 1.07 bits per heavy atom. The summed E-state index contributed by atoms with van der Waals surface area (Å²) in [7, 11) is 4.84. The summed E-state index contributed by atoms with van der Waals surface area (Å²) in [6.45, 7) is 0.755. The quantitative estimate of drug-likeness (QED) is 0.580. The Balaban J connectivity index is 2.02. The Morgan fingerprint density at radius 2 is 1.76 bits per heavy atom. The highest BCUT2D eigenvalue weighted by molar-refractivity contribution is 5.76. The lowest BCUT2D eigenvalue weighted by atomic mass is 10.2. The van der Waals surface area contributed by atoms with Crippen LogP contribution in [0.3, 0.4) is 0 Å². The molecule has 3 rings (SSSR count). The van der Waals surface area contributed by atoms with E-state index < -0.39 is 0 Å². The standard InChI is InChI=1S/C21H24N4O4/c1-23(13-14-28-2)19(26)15-24-20(16-7-5-4-6-8-16)22-25(21(24)27)17-9-11-18(29-3)12-10-17/h4-12H,13-15H2,1-3H3. The van der Waals surface area contributed by atoms with Crippen molar-refractivity contribution < 1.29 is 14.3 Å². The van der Waals surface area contributed by atoms with Crippen LogP contribution in [0.2, 0.25) is 0 Å². The molecule has 1 aromatic heterocycles. The molecule has 0 aliphatic rings. The fraction of sp³-hybridized carbons (Fsp3) is 0.286. The van der Waals surface area contributed by atoms with Gasteiger partial charge in [-0.2, -0.15) is 4.68 Å². The molecular weight excluding hydrogens is 372 g/mol. The highest BCUT2D eigenvalue weighted by Gasteiger charge is 2.20. The molecule has 2 aromatic carbocycles. The molecule has 0 N–H and O–H groups in total. The van der Waals surface area contributed by atoms with Crippen LogP contribution in [-0.2, 0) is 16.1 Å². The average Bonchev–Trinajstić information content (AvgIpc) is 3.08. The maximum atomic E-state index is 13.1. The second-order valence-electron chi connectivity index (χ2n) is 6.48. The molecule has 0 fully saturated rings. The molecular formula is C21H24N4O4. The van der Waals surface area contributed by atoms with Crippen LogP contribution < -0.4 is 10.4 Å². The summed E-state index contributed by atoms with van der Waals surface area (Å²) in [6.07, 6.45) is 0. The number of nitrogens with zero attached hydrogens (tertiary/aromatic N) is 4. The monoisotopic (exact) mass is 396 g/mol. The van der Waals surface area contributed by atoms with Crippen molar-refractivity contribution >= 4 is 5.91 Å². The van der Waals surface area contributed by atoms with Gasteiger partial charge in [0.1, 0.15) is 12.3 Å². The van der Waals surface area contributed by atoms with Crippen molar-refractivity contribution in [2.75, 3.05) is 34.4 Å². The summed E-state index contributed by atoms with van der Waals surface area (Å²) >= 11 is 0. The van der Waals surface area contributed by atoms with Crippen molar-refractivity contribution in [3.8, 4) is 22.8 Å². The maximum absolute atomic E-state index is 13.1. The number of amides is 1. The van der Waals surface area contributed by atoms with Crippen molar-refractivity contribution in [2.45, 2.75) is 6.54 Å². The van der Waals surface area contributed by atoms with Crippen LogP contribution >= 0.6 is 0 Å². The van der Waals surface area contributed by atoms with Crippen molar-refractivity contribution in [2.24, 2.45) is 0 Å². The van der Waals surface area contributed by atoms with Crippen LogP contribution in [0.4, 0.5) is 0 Å². The normalized spacial score (nSPS) is 10.7. The molecule has 0 radical (unpaired) electrons. The van der Waals surface area contributed by atoms with E-state index in [9.17, 15) is 9.59 Å². The maximum Gasteiger partial charge on any atom is 0.351 e. The van der Waals surface area contributed by atoms with Crippen molar-refractivity contribution in [1.29, 1.82) is 0 Å². The lowest BCUT2D eigenvalue weighted by molar-refractivity contribution is -0.131. The van der Waals surface area contributed by atoms with Crippen LogP contribution in [0.5, 0.6) is 5.75 Å². The third kappa shape index (κ3) is 4.55. The van der Waals surface area contributed by atoms with Gasteiger partial charge in [0.05, 0.1) is 19.4 Å². The van der Waals surface area contributed by atoms with E-state index in [0.29, 0.717) is 30.4 Å². The Morgan fingerprint density at radius 3 is 2.38 bits per heavy atom. The molecule has 152 valence electrons. The van der Waals surface area contributed by atoms with Gasteiger partial charge in [-0.3, -0.25) is 9.36 Å². The van der Waals surface area contributed by atoms with E-state index in [-0.39, 0.29) is 18.1 Å². The van der Waals surface area contributed by atoms with E-state index in [1.54, 1.807) is 45.5 Å². The van der Waals surface area contributed by atoms with E-state index in [4.69, 9.17) is 9.47 Å². The number of carbonyl (C=O) groups excluding carboxylic acids is 1. The molecule has 0 unspecified atom stereocenters. The number of hydrogen-bond acceptors (Lipinski definition) is 5. The summed E-state index contributed by atoms with van der Waals surface area (Å²) < 4.78 is 12.9. The molecule has 1 heterocycles. The van der Waals surface area contributed by atoms with E-state index >= 15 is 0 Å². The van der Waals surface area contributed by atoms with Gasteiger partial charge in [0, 0.05) is 26.3 Å². The molecule has 1 amide bonds. The van der Waals surface area contributed by atoms with Gasteiger partial charge >= 0.3 is 5.69 Å². The second kappa shape index (κ2) is 9.20. The number of likely N-dealkylation sites (N-methyl/N-ethyl adjacent to an activating group) is 1. The third-order valence-electron chi connectivity index (χ3n) is 4.56. The molecule has 3 aromatic rings. The van der Waals surface area contributed by atoms with Crippen LogP contribution in [0.15, 0.2) is 59.4 Å². The fourth-order valence-electron chi connectivity index (χ4n) is 2.84. The smallest absolute Gasteiger partial charge is 0.351 e. The van der Waals surface area contributed by atoms with Crippen LogP contribution in [0.25, 0.3) is 17.1 Å². The minimum absolute atomic E-state index is 0.112. The number of benzene rings is 2. The summed E-state index contributed by atoms with van der Waals surface area (Å²) in [5, 5.41) is 4.51. The van der Waals surface area contributed by atoms with Gasteiger partial charge in [0.15, 0.2) is 5.82 Å². The third-order valence-corrected chi connectivity index (χ3v) is 4.56. The largest absolute Gasteiger partial charge is 0.497 e. The first-order valence-corrected chi connectivity index (χ1v) is 9.17. The molecule has 8 heteroatoms. The molecule has 0 saturated carbocycles. The molecule has 8 nitrogen and oxygen atoms in total. The lowest BCUT2D eigenvalue weighted by Crippen LogP contribution is -2.36. The number of aromatic nitrogens is 3. The number of hydrogen-bond donors (Lipinski definition) is 0. The molecule has 0 spiro atoms. The highest BCUT2D eigenvalue weighted by atomic mass is 16.5. The molecule has 0 aliphatic carbocycles. The zero-order valence-corrected chi connectivity index (χ0v) is 16.7. The van der Waals surface area contributed by atoms with Crippen LogP contribution in [0.1, 0.15) is 0 Å². The van der Waals surface area contributed by atoms with Gasteiger partial charge in [0.2, 0.25) is 5.91 Å². The number of rotatable bonds is 8. The summed E-state index contributed by atoms with van der Waals surface area (Å²) in [5.74, 6) is 0.912. The molecule has 0 saturated heterocycles. The van der Waals surface area contributed by atoms with Gasteiger partial charge in [-0.15, -0.1) is 5.10 Å². The summed E-state index contributed by atoms with van der Waals surface area (Å²) in [4.78, 5) is 27.3. The summed E-state index contributed by atoms with van der Waals surface area (Å²) in [6, 6.07) is 16.3. The van der Waals surface area contributed by atoms with E-state index in [1.165, 1.54) is 14.1 Å².